The van der Waals surface area contributed by atoms with Gasteiger partial charge in [0.25, 0.3) is 0 Å². The molecule has 0 amide bonds. The van der Waals surface area contributed by atoms with Gasteiger partial charge in [-0.15, -0.1) is 0 Å². The summed E-state index contributed by atoms with van der Waals surface area (Å²) in [5.41, 5.74) is 0.113. The van der Waals surface area contributed by atoms with Crippen molar-refractivity contribution in [2.45, 2.75) is 58.7 Å². The Bertz CT molecular complexity index is 359. The third-order valence-electron chi connectivity index (χ3n) is 2.36. The van der Waals surface area contributed by atoms with Crippen LogP contribution >= 0.6 is 0 Å². The van der Waals surface area contributed by atoms with Crippen molar-refractivity contribution < 1.29 is 34.8 Å². The highest BCUT2D eigenvalue weighted by Crippen LogP contribution is 2.05. The summed E-state index contributed by atoms with van der Waals surface area (Å²) in [7, 11) is 0. The zero-order valence-electron chi connectivity index (χ0n) is 13.1. The smallest absolute Gasteiger partial charge is 0.334 e. The van der Waals surface area contributed by atoms with E-state index >= 15 is 0 Å². The molecule has 0 spiro atoms. The molecule has 0 aromatic carbocycles. The van der Waals surface area contributed by atoms with Crippen molar-refractivity contribution in [3.8, 4) is 0 Å². The van der Waals surface area contributed by atoms with Crippen molar-refractivity contribution >= 4 is 11.9 Å². The van der Waals surface area contributed by atoms with Crippen molar-refractivity contribution in [3.05, 3.63) is 24.2 Å². The standard InChI is InChI=1S/C9H12O5.C6H14O2/c1-2-3-7(9(12)13)6-14-5-4-8(10)11;1-2-3-4-5-6(7)8/h4-6H,2-3H2,1H3,(H,10,11)(H,12,13);6-8H,2-5H2,1H3. The molecular formula is C15H26O7. The molecule has 0 radical (unpaired) electrons. The van der Waals surface area contributed by atoms with Gasteiger partial charge in [0.05, 0.1) is 17.9 Å². The van der Waals surface area contributed by atoms with Gasteiger partial charge in [-0.25, -0.2) is 9.59 Å². The van der Waals surface area contributed by atoms with Crippen LogP contribution < -0.4 is 0 Å². The maximum absolute atomic E-state index is 10.5. The molecule has 0 bridgehead atoms. The van der Waals surface area contributed by atoms with Gasteiger partial charge in [-0.05, 0) is 19.3 Å². The number of carboxylic acid groups (broad SMARTS) is 2. The SMILES string of the molecule is CCCC(=COC=CC(=O)O)C(=O)O.CCCCCC(O)O. The Balaban J connectivity index is 0. The summed E-state index contributed by atoms with van der Waals surface area (Å²) in [6, 6.07) is 0. The zero-order chi connectivity index (χ0) is 17.4. The van der Waals surface area contributed by atoms with Crippen molar-refractivity contribution in [1.29, 1.82) is 0 Å². The summed E-state index contributed by atoms with van der Waals surface area (Å²) in [6.07, 6.45) is 6.38. The van der Waals surface area contributed by atoms with E-state index in [1.807, 2.05) is 6.92 Å². The van der Waals surface area contributed by atoms with Crippen LogP contribution in [0, 0.1) is 0 Å². The van der Waals surface area contributed by atoms with Crippen LogP contribution in [0.1, 0.15) is 52.4 Å². The largest absolute Gasteiger partial charge is 0.478 e. The van der Waals surface area contributed by atoms with Gasteiger partial charge in [-0.3, -0.25) is 0 Å². The Morgan fingerprint density at radius 3 is 2.14 bits per heavy atom. The van der Waals surface area contributed by atoms with Crippen molar-refractivity contribution in [3.63, 3.8) is 0 Å². The van der Waals surface area contributed by atoms with Gasteiger partial charge in [-0.1, -0.05) is 33.1 Å². The number of aliphatic hydroxyl groups excluding tert-OH is 1. The van der Waals surface area contributed by atoms with Crippen LogP contribution in [-0.2, 0) is 14.3 Å². The summed E-state index contributed by atoms with van der Waals surface area (Å²) in [5.74, 6) is -2.21. The average molecular weight is 318 g/mol. The highest BCUT2D eigenvalue weighted by atomic mass is 16.5. The molecule has 0 heterocycles. The van der Waals surface area contributed by atoms with E-state index < -0.39 is 18.2 Å². The second-order valence-corrected chi connectivity index (χ2v) is 4.45. The molecule has 0 aromatic rings. The summed E-state index contributed by atoms with van der Waals surface area (Å²) >= 11 is 0. The van der Waals surface area contributed by atoms with Gasteiger partial charge >= 0.3 is 11.9 Å². The number of hydrogen-bond donors (Lipinski definition) is 4. The van der Waals surface area contributed by atoms with Crippen LogP contribution in [0.4, 0.5) is 0 Å². The van der Waals surface area contributed by atoms with E-state index in [2.05, 4.69) is 11.7 Å². The van der Waals surface area contributed by atoms with E-state index in [1.165, 1.54) is 0 Å². The number of hydrogen-bond acceptors (Lipinski definition) is 5. The van der Waals surface area contributed by atoms with Crippen LogP contribution in [0.25, 0.3) is 0 Å². The summed E-state index contributed by atoms with van der Waals surface area (Å²) in [4.78, 5) is 20.5. The molecule has 0 saturated heterocycles. The number of aliphatic carboxylic acids is 2. The van der Waals surface area contributed by atoms with Gasteiger partial charge in [0.1, 0.15) is 6.26 Å². The van der Waals surface area contributed by atoms with Crippen LogP contribution in [-0.4, -0.2) is 38.7 Å². The first-order valence-corrected chi connectivity index (χ1v) is 7.18. The summed E-state index contributed by atoms with van der Waals surface area (Å²) in [5, 5.41) is 33.5. The van der Waals surface area contributed by atoms with Crippen molar-refractivity contribution in [2.75, 3.05) is 0 Å². The van der Waals surface area contributed by atoms with E-state index in [0.717, 1.165) is 37.9 Å². The van der Waals surface area contributed by atoms with E-state index in [0.29, 0.717) is 19.3 Å². The fourth-order valence-corrected chi connectivity index (χ4v) is 1.28. The molecule has 7 nitrogen and oxygen atoms in total. The number of rotatable bonds is 10. The molecule has 0 atom stereocenters. The fourth-order valence-electron chi connectivity index (χ4n) is 1.28. The first-order valence-electron chi connectivity index (χ1n) is 7.18. The van der Waals surface area contributed by atoms with Gasteiger partial charge < -0.3 is 25.2 Å². The number of ether oxygens (including phenoxy) is 1. The Morgan fingerprint density at radius 2 is 1.73 bits per heavy atom. The lowest BCUT2D eigenvalue weighted by molar-refractivity contribution is -0.133. The monoisotopic (exact) mass is 318 g/mol. The minimum atomic E-state index is -1.15. The van der Waals surface area contributed by atoms with E-state index in [1.54, 1.807) is 0 Å². The lowest BCUT2D eigenvalue weighted by Gasteiger charge is -1.99. The first-order chi connectivity index (χ1) is 10.3. The van der Waals surface area contributed by atoms with E-state index in [-0.39, 0.29) is 5.57 Å². The third-order valence-corrected chi connectivity index (χ3v) is 2.36. The predicted molar refractivity (Wildman–Crippen MR) is 80.9 cm³/mol. The first kappa shape index (κ1) is 22.4. The van der Waals surface area contributed by atoms with Crippen LogP contribution in [0.5, 0.6) is 0 Å². The molecular weight excluding hydrogens is 292 g/mol. The van der Waals surface area contributed by atoms with Gasteiger partial charge in [0, 0.05) is 0 Å². The van der Waals surface area contributed by atoms with Gasteiger partial charge in [0.15, 0.2) is 6.29 Å². The second kappa shape index (κ2) is 15.5. The molecule has 0 fully saturated rings. The molecule has 7 heteroatoms. The second-order valence-electron chi connectivity index (χ2n) is 4.45. The molecule has 0 saturated carbocycles. The number of aliphatic hydroxyl groups is 2. The quantitative estimate of drug-likeness (QED) is 0.211. The number of unbranched alkanes of at least 4 members (excludes halogenated alkanes) is 2. The highest BCUT2D eigenvalue weighted by Gasteiger charge is 2.05. The highest BCUT2D eigenvalue weighted by molar-refractivity contribution is 5.86. The summed E-state index contributed by atoms with van der Waals surface area (Å²) < 4.78 is 4.62. The minimum Gasteiger partial charge on any atom is -0.478 e. The Labute approximate surface area is 130 Å². The van der Waals surface area contributed by atoms with Crippen molar-refractivity contribution in [2.24, 2.45) is 0 Å². The molecule has 22 heavy (non-hydrogen) atoms. The molecule has 0 aromatic heterocycles. The van der Waals surface area contributed by atoms with Gasteiger partial charge in [0.2, 0.25) is 0 Å². The lowest BCUT2D eigenvalue weighted by atomic mass is 10.2. The van der Waals surface area contributed by atoms with E-state index in [4.69, 9.17) is 20.4 Å². The minimum absolute atomic E-state index is 0.113. The average Bonchev–Trinajstić information content (AvgIpc) is 2.42. The zero-order valence-corrected chi connectivity index (χ0v) is 13.1. The molecule has 4 N–H and O–H groups in total. The fraction of sp³-hybridized carbons (Fsp3) is 0.600. The molecule has 0 aliphatic carbocycles. The number of carboxylic acids is 2. The molecule has 128 valence electrons. The van der Waals surface area contributed by atoms with Crippen LogP contribution in [0.15, 0.2) is 24.2 Å². The Hall–Kier alpha value is -1.86. The predicted octanol–water partition coefficient (Wildman–Crippen LogP) is 2.25. The Kier molecular flexibility index (Phi) is 15.8. The molecule has 0 aliphatic rings. The topological polar surface area (TPSA) is 124 Å². The Morgan fingerprint density at radius 1 is 1.09 bits per heavy atom. The summed E-state index contributed by atoms with van der Waals surface area (Å²) in [6.45, 7) is 3.92. The normalized spacial score (nSPS) is 11.2. The molecule has 0 rings (SSSR count). The molecule has 0 unspecified atom stereocenters. The van der Waals surface area contributed by atoms with E-state index in [9.17, 15) is 9.59 Å². The molecule has 0 aliphatic heterocycles. The maximum atomic E-state index is 10.5. The third kappa shape index (κ3) is 18.1. The van der Waals surface area contributed by atoms with Gasteiger partial charge in [-0.2, -0.15) is 0 Å². The number of carbonyl (C=O) groups is 2. The van der Waals surface area contributed by atoms with Crippen LogP contribution in [0.3, 0.4) is 0 Å². The maximum Gasteiger partial charge on any atom is 0.334 e. The van der Waals surface area contributed by atoms with Crippen LogP contribution in [0.2, 0.25) is 0 Å². The van der Waals surface area contributed by atoms with Crippen molar-refractivity contribution in [1.82, 2.24) is 0 Å². The lowest BCUT2D eigenvalue weighted by Crippen LogP contribution is -2.02.